The number of benzene rings is 2. The SMILES string of the molecule is CCn1c(SCC(=O)Nc2ccc(F)cc2)nnc1-c1cn(C)nc1-c1ccc(C)cc1. The number of carbonyl (C=O) groups excluding carboxylic acids is 1. The Labute approximate surface area is 189 Å². The van der Waals surface area contributed by atoms with Crippen molar-refractivity contribution in [1.29, 1.82) is 0 Å². The molecule has 32 heavy (non-hydrogen) atoms. The third-order valence-electron chi connectivity index (χ3n) is 4.89. The molecule has 0 atom stereocenters. The first-order valence-corrected chi connectivity index (χ1v) is 11.2. The Hall–Kier alpha value is -3.46. The first-order valence-electron chi connectivity index (χ1n) is 10.2. The van der Waals surface area contributed by atoms with E-state index in [4.69, 9.17) is 0 Å². The van der Waals surface area contributed by atoms with Gasteiger partial charge in [0.2, 0.25) is 5.91 Å². The maximum atomic E-state index is 13.0. The van der Waals surface area contributed by atoms with Crippen molar-refractivity contribution in [3.05, 3.63) is 66.1 Å². The number of nitrogens with zero attached hydrogens (tertiary/aromatic N) is 5. The van der Waals surface area contributed by atoms with E-state index in [9.17, 15) is 9.18 Å². The standard InChI is InChI=1S/C23H23FN6OS/c1-4-30-22(19-13-29(3)28-21(19)16-7-5-15(2)6-8-16)26-27-23(30)32-14-20(31)25-18-11-9-17(24)10-12-18/h5-13H,4,14H2,1-3H3,(H,25,31). The van der Waals surface area contributed by atoms with Gasteiger partial charge in [0.1, 0.15) is 11.5 Å². The summed E-state index contributed by atoms with van der Waals surface area (Å²) < 4.78 is 16.8. The molecule has 164 valence electrons. The van der Waals surface area contributed by atoms with Gasteiger partial charge < -0.3 is 9.88 Å². The van der Waals surface area contributed by atoms with Crippen LogP contribution in [0, 0.1) is 12.7 Å². The topological polar surface area (TPSA) is 77.6 Å². The van der Waals surface area contributed by atoms with Crippen LogP contribution in [0.25, 0.3) is 22.6 Å². The number of anilines is 1. The van der Waals surface area contributed by atoms with Gasteiger partial charge in [0.05, 0.1) is 11.3 Å². The summed E-state index contributed by atoms with van der Waals surface area (Å²) in [5.41, 5.74) is 4.45. The first-order chi connectivity index (χ1) is 15.4. The molecule has 1 N–H and O–H groups in total. The molecule has 4 aromatic rings. The molecule has 0 spiro atoms. The zero-order valence-corrected chi connectivity index (χ0v) is 18.9. The Balaban J connectivity index is 1.54. The summed E-state index contributed by atoms with van der Waals surface area (Å²) in [6.07, 6.45) is 1.93. The molecule has 0 aliphatic carbocycles. The maximum absolute atomic E-state index is 13.0. The van der Waals surface area contributed by atoms with Crippen LogP contribution in [0.5, 0.6) is 0 Å². The van der Waals surface area contributed by atoms with Crippen molar-refractivity contribution in [2.24, 2.45) is 7.05 Å². The third kappa shape index (κ3) is 4.72. The Morgan fingerprint density at radius 3 is 2.50 bits per heavy atom. The quantitative estimate of drug-likeness (QED) is 0.418. The molecule has 4 rings (SSSR count). The molecule has 9 heteroatoms. The number of halogens is 1. The van der Waals surface area contributed by atoms with Crippen LogP contribution in [0.4, 0.5) is 10.1 Å². The van der Waals surface area contributed by atoms with Gasteiger partial charge >= 0.3 is 0 Å². The monoisotopic (exact) mass is 450 g/mol. The van der Waals surface area contributed by atoms with Crippen LogP contribution in [0.2, 0.25) is 0 Å². The van der Waals surface area contributed by atoms with Gasteiger partial charge in [-0.15, -0.1) is 10.2 Å². The molecule has 0 saturated carbocycles. The van der Waals surface area contributed by atoms with Crippen LogP contribution in [0.15, 0.2) is 59.9 Å². The smallest absolute Gasteiger partial charge is 0.234 e. The van der Waals surface area contributed by atoms with Gasteiger partial charge in [-0.3, -0.25) is 9.48 Å². The van der Waals surface area contributed by atoms with Crippen molar-refractivity contribution < 1.29 is 9.18 Å². The summed E-state index contributed by atoms with van der Waals surface area (Å²) in [7, 11) is 1.88. The highest BCUT2D eigenvalue weighted by Gasteiger charge is 2.20. The molecule has 0 bridgehead atoms. The minimum atomic E-state index is -0.346. The van der Waals surface area contributed by atoms with Crippen molar-refractivity contribution in [2.75, 3.05) is 11.1 Å². The van der Waals surface area contributed by atoms with Crippen LogP contribution in [0.1, 0.15) is 12.5 Å². The summed E-state index contributed by atoms with van der Waals surface area (Å²) in [4.78, 5) is 12.3. The molecule has 1 amide bonds. The van der Waals surface area contributed by atoms with Gasteiger partial charge in [-0.25, -0.2) is 4.39 Å². The van der Waals surface area contributed by atoms with Gasteiger partial charge in [-0.2, -0.15) is 5.10 Å². The van der Waals surface area contributed by atoms with Gasteiger partial charge in [0.15, 0.2) is 11.0 Å². The molecule has 0 radical (unpaired) electrons. The molecule has 0 unspecified atom stereocenters. The van der Waals surface area contributed by atoms with Crippen LogP contribution in [-0.2, 0) is 18.4 Å². The summed E-state index contributed by atoms with van der Waals surface area (Å²) in [5.74, 6) is 0.322. The minimum absolute atomic E-state index is 0.160. The average molecular weight is 451 g/mol. The highest BCUT2D eigenvalue weighted by atomic mass is 32.2. The van der Waals surface area contributed by atoms with Crippen LogP contribution < -0.4 is 5.32 Å². The van der Waals surface area contributed by atoms with E-state index in [0.717, 1.165) is 16.8 Å². The van der Waals surface area contributed by atoms with Gasteiger partial charge in [0.25, 0.3) is 0 Å². The van der Waals surface area contributed by atoms with Crippen molar-refractivity contribution in [3.63, 3.8) is 0 Å². The number of carbonyl (C=O) groups is 1. The second-order valence-electron chi connectivity index (χ2n) is 7.33. The number of aromatic nitrogens is 5. The van der Waals surface area contributed by atoms with Gasteiger partial charge in [0, 0.05) is 31.0 Å². The number of aryl methyl sites for hydroxylation is 2. The lowest BCUT2D eigenvalue weighted by molar-refractivity contribution is -0.113. The predicted octanol–water partition coefficient (Wildman–Crippen LogP) is 4.54. The van der Waals surface area contributed by atoms with E-state index in [0.29, 0.717) is 23.2 Å². The molecular weight excluding hydrogens is 427 g/mol. The first kappa shape index (κ1) is 21.8. The molecular formula is C23H23FN6OS. The Bertz CT molecular complexity index is 1230. The molecule has 0 aliphatic heterocycles. The largest absolute Gasteiger partial charge is 0.325 e. The normalized spacial score (nSPS) is 11.0. The zero-order chi connectivity index (χ0) is 22.7. The van der Waals surface area contributed by atoms with E-state index in [1.807, 2.05) is 43.8 Å². The third-order valence-corrected chi connectivity index (χ3v) is 5.85. The second kappa shape index (κ2) is 9.35. The molecule has 0 saturated heterocycles. The minimum Gasteiger partial charge on any atom is -0.325 e. The highest BCUT2D eigenvalue weighted by Crippen LogP contribution is 2.32. The highest BCUT2D eigenvalue weighted by molar-refractivity contribution is 7.99. The summed E-state index contributed by atoms with van der Waals surface area (Å²) in [5, 5.41) is 16.8. The molecule has 2 aromatic carbocycles. The molecule has 2 heterocycles. The van der Waals surface area contributed by atoms with Crippen LogP contribution in [-0.4, -0.2) is 36.2 Å². The lowest BCUT2D eigenvalue weighted by atomic mass is 10.1. The zero-order valence-electron chi connectivity index (χ0n) is 18.0. The average Bonchev–Trinajstić information content (AvgIpc) is 3.37. The fourth-order valence-electron chi connectivity index (χ4n) is 3.32. The lowest BCUT2D eigenvalue weighted by Gasteiger charge is -2.08. The lowest BCUT2D eigenvalue weighted by Crippen LogP contribution is -2.14. The predicted molar refractivity (Wildman–Crippen MR) is 124 cm³/mol. The Morgan fingerprint density at radius 1 is 1.09 bits per heavy atom. The van der Waals surface area contributed by atoms with E-state index in [2.05, 4.69) is 32.7 Å². The Morgan fingerprint density at radius 2 is 1.81 bits per heavy atom. The van der Waals surface area contributed by atoms with Gasteiger partial charge in [-0.05, 0) is 38.1 Å². The number of hydrogen-bond donors (Lipinski definition) is 1. The van der Waals surface area contributed by atoms with Gasteiger partial charge in [-0.1, -0.05) is 41.6 Å². The van der Waals surface area contributed by atoms with E-state index < -0.39 is 0 Å². The van der Waals surface area contributed by atoms with Crippen LogP contribution >= 0.6 is 11.8 Å². The van der Waals surface area contributed by atoms with E-state index in [-0.39, 0.29) is 17.5 Å². The number of thioether (sulfide) groups is 1. The number of amides is 1. The number of hydrogen-bond acceptors (Lipinski definition) is 5. The summed E-state index contributed by atoms with van der Waals surface area (Å²) >= 11 is 1.30. The Kier molecular flexibility index (Phi) is 6.36. The molecule has 2 aromatic heterocycles. The number of nitrogens with one attached hydrogen (secondary N) is 1. The fourth-order valence-corrected chi connectivity index (χ4v) is 4.12. The van der Waals surface area contributed by atoms with E-state index >= 15 is 0 Å². The number of rotatable bonds is 7. The van der Waals surface area contributed by atoms with E-state index in [1.165, 1.54) is 41.6 Å². The summed E-state index contributed by atoms with van der Waals surface area (Å²) in [6, 6.07) is 13.9. The maximum Gasteiger partial charge on any atom is 0.234 e. The molecule has 0 aliphatic rings. The fraction of sp³-hybridized carbons (Fsp3) is 0.217. The second-order valence-corrected chi connectivity index (χ2v) is 8.27. The van der Waals surface area contributed by atoms with Crippen molar-refractivity contribution >= 4 is 23.4 Å². The van der Waals surface area contributed by atoms with E-state index in [1.54, 1.807) is 4.68 Å². The molecule has 7 nitrogen and oxygen atoms in total. The van der Waals surface area contributed by atoms with Crippen molar-refractivity contribution in [1.82, 2.24) is 24.5 Å². The van der Waals surface area contributed by atoms with Crippen molar-refractivity contribution in [2.45, 2.75) is 25.5 Å². The molecule has 0 fully saturated rings. The van der Waals surface area contributed by atoms with Crippen molar-refractivity contribution in [3.8, 4) is 22.6 Å². The van der Waals surface area contributed by atoms with Crippen LogP contribution in [0.3, 0.4) is 0 Å². The summed E-state index contributed by atoms with van der Waals surface area (Å²) in [6.45, 7) is 4.70.